The molecule has 2 nitrogen and oxygen atoms in total. The average Bonchev–Trinajstić information content (AvgIpc) is 2.27. The van der Waals surface area contributed by atoms with Crippen molar-refractivity contribution in [1.29, 1.82) is 5.26 Å². The zero-order chi connectivity index (χ0) is 11.1. The van der Waals surface area contributed by atoms with Crippen LogP contribution in [0.3, 0.4) is 0 Å². The average molecular weight is 207 g/mol. The normalized spacial score (nSPS) is 30.8. The highest BCUT2D eigenvalue weighted by molar-refractivity contribution is 4.94. The highest BCUT2D eigenvalue weighted by atomic mass is 16.5. The number of nitriles is 1. The first-order valence-electron chi connectivity index (χ1n) is 5.93. The fourth-order valence-corrected chi connectivity index (χ4v) is 2.41. The Morgan fingerprint density at radius 2 is 2.33 bits per heavy atom. The van der Waals surface area contributed by atoms with Crippen LogP contribution in [0, 0.1) is 23.2 Å². The van der Waals surface area contributed by atoms with E-state index in [1.807, 2.05) is 0 Å². The fraction of sp³-hybridized carbons (Fsp3) is 0.769. The highest BCUT2D eigenvalue weighted by Crippen LogP contribution is 2.33. The van der Waals surface area contributed by atoms with Gasteiger partial charge in [-0.2, -0.15) is 5.26 Å². The Morgan fingerprint density at radius 3 is 2.93 bits per heavy atom. The zero-order valence-corrected chi connectivity index (χ0v) is 9.61. The molecule has 0 aromatic heterocycles. The van der Waals surface area contributed by atoms with Crippen molar-refractivity contribution >= 4 is 0 Å². The molecule has 0 bridgehead atoms. The molecule has 1 fully saturated rings. The first-order chi connectivity index (χ1) is 7.31. The molecule has 2 heteroatoms. The van der Waals surface area contributed by atoms with Gasteiger partial charge in [0.15, 0.2) is 0 Å². The molecule has 0 spiro atoms. The summed E-state index contributed by atoms with van der Waals surface area (Å²) in [5, 5.41) is 9.02. The molecular weight excluding hydrogens is 186 g/mol. The van der Waals surface area contributed by atoms with Crippen molar-refractivity contribution in [2.24, 2.45) is 11.8 Å². The molecule has 3 unspecified atom stereocenters. The lowest BCUT2D eigenvalue weighted by Crippen LogP contribution is -2.31. The summed E-state index contributed by atoms with van der Waals surface area (Å²) in [7, 11) is 0. The van der Waals surface area contributed by atoms with Crippen molar-refractivity contribution in [3.8, 4) is 6.07 Å². The first kappa shape index (κ1) is 12.3. The largest absolute Gasteiger partial charge is 0.373 e. The van der Waals surface area contributed by atoms with Crippen LogP contribution >= 0.6 is 0 Å². The Labute approximate surface area is 92.9 Å². The van der Waals surface area contributed by atoms with E-state index in [0.717, 1.165) is 18.8 Å². The molecule has 0 aromatic carbocycles. The Hall–Kier alpha value is -0.810. The van der Waals surface area contributed by atoms with E-state index in [1.54, 1.807) is 6.08 Å². The van der Waals surface area contributed by atoms with Crippen LogP contribution in [-0.2, 0) is 4.74 Å². The van der Waals surface area contributed by atoms with Gasteiger partial charge in [0.25, 0.3) is 0 Å². The SMILES string of the molecule is C=CCOC1CC(CCC)CCC1C#N. The second-order valence-electron chi connectivity index (χ2n) is 4.36. The predicted octanol–water partition coefficient (Wildman–Crippen LogP) is 3.30. The highest BCUT2D eigenvalue weighted by Gasteiger charge is 2.30. The third-order valence-corrected chi connectivity index (χ3v) is 3.19. The lowest BCUT2D eigenvalue weighted by atomic mass is 9.78. The molecular formula is C13H21NO. The van der Waals surface area contributed by atoms with Crippen molar-refractivity contribution in [2.75, 3.05) is 6.61 Å². The maximum Gasteiger partial charge on any atom is 0.0740 e. The van der Waals surface area contributed by atoms with Crippen LogP contribution in [0.15, 0.2) is 12.7 Å². The Balaban J connectivity index is 2.45. The number of hydrogen-bond donors (Lipinski definition) is 0. The molecule has 3 atom stereocenters. The molecule has 0 aliphatic heterocycles. The molecule has 0 aromatic rings. The van der Waals surface area contributed by atoms with Gasteiger partial charge in [-0.1, -0.05) is 25.8 Å². The van der Waals surface area contributed by atoms with Crippen molar-refractivity contribution in [3.63, 3.8) is 0 Å². The van der Waals surface area contributed by atoms with Gasteiger partial charge in [0.2, 0.25) is 0 Å². The van der Waals surface area contributed by atoms with Gasteiger partial charge >= 0.3 is 0 Å². The first-order valence-corrected chi connectivity index (χ1v) is 5.93. The third-order valence-electron chi connectivity index (χ3n) is 3.19. The molecule has 1 rings (SSSR count). The summed E-state index contributed by atoms with van der Waals surface area (Å²) in [6, 6.07) is 2.37. The van der Waals surface area contributed by atoms with Crippen LogP contribution < -0.4 is 0 Å². The minimum Gasteiger partial charge on any atom is -0.373 e. The Morgan fingerprint density at radius 1 is 1.53 bits per heavy atom. The van der Waals surface area contributed by atoms with E-state index in [-0.39, 0.29) is 12.0 Å². The number of ether oxygens (including phenoxy) is 1. The summed E-state index contributed by atoms with van der Waals surface area (Å²) in [6.45, 7) is 6.43. The molecule has 1 aliphatic carbocycles. The Bertz CT molecular complexity index is 231. The van der Waals surface area contributed by atoms with E-state index < -0.39 is 0 Å². The minimum atomic E-state index is 0.0954. The molecule has 1 saturated carbocycles. The summed E-state index contributed by atoms with van der Waals surface area (Å²) in [5.41, 5.74) is 0. The fourth-order valence-electron chi connectivity index (χ4n) is 2.41. The van der Waals surface area contributed by atoms with Gasteiger partial charge in [-0.25, -0.2) is 0 Å². The van der Waals surface area contributed by atoms with E-state index in [4.69, 9.17) is 10.00 Å². The molecule has 84 valence electrons. The molecule has 0 N–H and O–H groups in total. The van der Waals surface area contributed by atoms with E-state index in [9.17, 15) is 0 Å². The van der Waals surface area contributed by atoms with E-state index in [0.29, 0.717) is 6.61 Å². The van der Waals surface area contributed by atoms with Gasteiger partial charge in [0, 0.05) is 0 Å². The van der Waals surface area contributed by atoms with Crippen LogP contribution in [0.5, 0.6) is 0 Å². The Kier molecular flexibility index (Phi) is 5.42. The summed E-state index contributed by atoms with van der Waals surface area (Å²) < 4.78 is 5.67. The zero-order valence-electron chi connectivity index (χ0n) is 9.61. The summed E-state index contributed by atoms with van der Waals surface area (Å²) in [4.78, 5) is 0. The van der Waals surface area contributed by atoms with Crippen LogP contribution in [0.2, 0.25) is 0 Å². The third kappa shape index (κ3) is 3.68. The van der Waals surface area contributed by atoms with Crippen molar-refractivity contribution in [3.05, 3.63) is 12.7 Å². The van der Waals surface area contributed by atoms with Crippen LogP contribution in [0.4, 0.5) is 0 Å². The predicted molar refractivity (Wildman–Crippen MR) is 61.3 cm³/mol. The molecule has 0 heterocycles. The molecule has 15 heavy (non-hydrogen) atoms. The van der Waals surface area contributed by atoms with Gasteiger partial charge in [-0.15, -0.1) is 6.58 Å². The van der Waals surface area contributed by atoms with Crippen LogP contribution in [-0.4, -0.2) is 12.7 Å². The smallest absolute Gasteiger partial charge is 0.0740 e. The maximum absolute atomic E-state index is 9.02. The number of rotatable bonds is 5. The summed E-state index contributed by atoms with van der Waals surface area (Å²) in [6.07, 6.45) is 7.65. The quantitative estimate of drug-likeness (QED) is 0.648. The van der Waals surface area contributed by atoms with Gasteiger partial charge in [0.05, 0.1) is 24.7 Å². The van der Waals surface area contributed by atoms with E-state index >= 15 is 0 Å². The van der Waals surface area contributed by atoms with E-state index in [2.05, 4.69) is 19.6 Å². The van der Waals surface area contributed by atoms with Crippen LogP contribution in [0.25, 0.3) is 0 Å². The number of nitrogens with zero attached hydrogens (tertiary/aromatic N) is 1. The van der Waals surface area contributed by atoms with Crippen molar-refractivity contribution in [2.45, 2.75) is 45.1 Å². The maximum atomic E-state index is 9.02. The van der Waals surface area contributed by atoms with Gasteiger partial charge in [-0.3, -0.25) is 0 Å². The summed E-state index contributed by atoms with van der Waals surface area (Å²) >= 11 is 0. The van der Waals surface area contributed by atoms with Gasteiger partial charge in [0.1, 0.15) is 0 Å². The van der Waals surface area contributed by atoms with Crippen molar-refractivity contribution < 1.29 is 4.74 Å². The molecule has 1 aliphatic rings. The second-order valence-corrected chi connectivity index (χ2v) is 4.36. The monoisotopic (exact) mass is 207 g/mol. The van der Waals surface area contributed by atoms with Gasteiger partial charge in [-0.05, 0) is 25.2 Å². The lowest BCUT2D eigenvalue weighted by Gasteiger charge is -2.32. The van der Waals surface area contributed by atoms with Crippen molar-refractivity contribution in [1.82, 2.24) is 0 Å². The lowest BCUT2D eigenvalue weighted by molar-refractivity contribution is 0.00351. The topological polar surface area (TPSA) is 33.0 Å². The van der Waals surface area contributed by atoms with Gasteiger partial charge < -0.3 is 4.74 Å². The molecule has 0 amide bonds. The van der Waals surface area contributed by atoms with E-state index in [1.165, 1.54) is 19.3 Å². The summed E-state index contributed by atoms with van der Waals surface area (Å²) in [5.74, 6) is 0.854. The molecule has 0 saturated heterocycles. The number of hydrogen-bond acceptors (Lipinski definition) is 2. The standard InChI is InChI=1S/C13H21NO/c1-3-5-11-6-7-12(10-14)13(9-11)15-8-4-2/h4,11-13H,2-3,5-9H2,1H3. The molecule has 0 radical (unpaired) electrons. The second kappa shape index (κ2) is 6.63. The minimum absolute atomic E-state index is 0.0954. The van der Waals surface area contributed by atoms with Crippen LogP contribution in [0.1, 0.15) is 39.0 Å².